The van der Waals surface area contributed by atoms with Crippen LogP contribution in [0, 0.1) is 19.3 Å². The number of fused-ring (bicyclic) bond motifs is 1. The van der Waals surface area contributed by atoms with Crippen molar-refractivity contribution in [3.05, 3.63) is 110 Å². The minimum Gasteiger partial charge on any atom is -0.391 e. The molecule has 3 fully saturated rings. The molecule has 1 aromatic carbocycles. The van der Waals surface area contributed by atoms with Gasteiger partial charge in [-0.25, -0.2) is 19.6 Å². The first-order chi connectivity index (χ1) is 40.4. The van der Waals surface area contributed by atoms with Crippen molar-refractivity contribution in [3.8, 4) is 10.4 Å². The number of anilines is 1. The van der Waals surface area contributed by atoms with Crippen molar-refractivity contribution in [3.63, 3.8) is 0 Å². The van der Waals surface area contributed by atoms with Crippen LogP contribution in [0.4, 0.5) is 5.69 Å². The van der Waals surface area contributed by atoms with Crippen LogP contribution in [-0.4, -0.2) is 174 Å². The molecule has 0 unspecified atom stereocenters. The Morgan fingerprint density at radius 3 is 2.27 bits per heavy atom. The third kappa shape index (κ3) is 15.3. The number of Topliss-reactive ketones (excluding diaryl/α,β-unsaturated/α-hetero) is 1. The standard InChI is InChI=1S/C60H77N13O10S/c1-38-48-33-62-50(65-56(48)73(45-9-7-8-10-45)58(79)53(38)40(3)74)29-43-15-17-46(32-61-43)69-19-21-70(22-20-69)52(77)18-16-44-34-71(68-67-44)23-24-81-25-26-82-27-28-83-36-51(76)66-55(60(4,5)6)59(80)72-35-47(75)30-49(72)57(78)63-31-41-11-13-42(14-12-41)54-39(2)64-37-84-54/h11-15,17,32-34,37,45,47,49,55,75H,7-10,16,18-31,35-36H2,1-6H3,(H,63,78)(H,66,76)/t47-,49+,55-/m1/s1. The van der Waals surface area contributed by atoms with E-state index in [0.717, 1.165) is 69.8 Å². The molecule has 2 aliphatic heterocycles. The number of nitrogens with zero attached hydrogens (tertiary/aromatic N) is 11. The fourth-order valence-electron chi connectivity index (χ4n) is 11.2. The van der Waals surface area contributed by atoms with Crippen molar-refractivity contribution < 1.29 is 43.3 Å². The summed E-state index contributed by atoms with van der Waals surface area (Å²) >= 11 is 1.57. The molecule has 3 aliphatic rings. The molecule has 84 heavy (non-hydrogen) atoms. The van der Waals surface area contributed by atoms with Gasteiger partial charge in [0.2, 0.25) is 23.6 Å². The Hall–Kier alpha value is -7.38. The fraction of sp³-hybridized carbons (Fsp3) is 0.533. The number of aryl methyl sites for hydroxylation is 3. The molecule has 2 saturated heterocycles. The number of piperazine rings is 1. The Bertz CT molecular complexity index is 3330. The topological polar surface area (TPSA) is 271 Å². The molecule has 4 amide bonds. The number of ketones is 1. The van der Waals surface area contributed by atoms with Gasteiger partial charge in [0, 0.05) is 88.0 Å². The number of benzene rings is 1. The number of ether oxygens (including phenoxy) is 3. The van der Waals surface area contributed by atoms with Crippen LogP contribution in [0.3, 0.4) is 0 Å². The van der Waals surface area contributed by atoms with E-state index in [1.54, 1.807) is 33.7 Å². The second kappa shape index (κ2) is 28.0. The SMILES string of the molecule is CC(=O)c1c(C)c2cnc(Cc3ccc(N4CCN(C(=O)CCc5cn(CCOCCOCCOCC(=O)N[C@H](C(=O)N6C[C@H](O)C[C@H]6C(=O)NCc6ccc(-c7scnc7C)cc6)C(C)(C)C)nn5)CC4)cn3)nc2n(C2CCCC2)c1=O. The summed E-state index contributed by atoms with van der Waals surface area (Å²) in [4.78, 5) is 105. The van der Waals surface area contributed by atoms with Crippen LogP contribution in [0.2, 0.25) is 0 Å². The van der Waals surface area contributed by atoms with E-state index < -0.39 is 35.4 Å². The van der Waals surface area contributed by atoms with Crippen LogP contribution in [-0.2, 0) is 59.3 Å². The molecule has 1 aliphatic carbocycles. The van der Waals surface area contributed by atoms with Gasteiger partial charge in [-0.3, -0.25) is 38.3 Å². The molecule has 9 rings (SSSR count). The molecule has 3 atom stereocenters. The molecular formula is C60H77N13O10S. The van der Waals surface area contributed by atoms with E-state index in [2.05, 4.69) is 35.8 Å². The third-order valence-electron chi connectivity index (χ3n) is 15.8. The van der Waals surface area contributed by atoms with Gasteiger partial charge in [-0.05, 0) is 67.9 Å². The summed E-state index contributed by atoms with van der Waals surface area (Å²) in [5.41, 5.74) is 7.59. The smallest absolute Gasteiger partial charge is 0.263 e. The number of pyridine rings is 2. The zero-order chi connectivity index (χ0) is 59.5. The number of carbonyl (C=O) groups is 5. The van der Waals surface area contributed by atoms with Crippen molar-refractivity contribution in [1.29, 1.82) is 0 Å². The second-order valence-corrected chi connectivity index (χ2v) is 23.8. The maximum absolute atomic E-state index is 14.0. The zero-order valence-corrected chi connectivity index (χ0v) is 49.7. The predicted octanol–water partition coefficient (Wildman–Crippen LogP) is 4.57. The van der Waals surface area contributed by atoms with Crippen LogP contribution >= 0.6 is 11.3 Å². The first kappa shape index (κ1) is 61.2. The number of rotatable bonds is 25. The fourth-order valence-corrected chi connectivity index (χ4v) is 12.0. The molecule has 24 heteroatoms. The number of likely N-dealkylation sites (tertiary alicyclic amines) is 1. The average Bonchev–Trinajstić information content (AvgIpc) is 4.53. The van der Waals surface area contributed by atoms with E-state index in [4.69, 9.17) is 24.2 Å². The van der Waals surface area contributed by atoms with Crippen molar-refractivity contribution in [2.75, 3.05) is 77.3 Å². The van der Waals surface area contributed by atoms with Crippen molar-refractivity contribution in [2.45, 2.75) is 130 Å². The van der Waals surface area contributed by atoms with Crippen LogP contribution in [0.1, 0.15) is 117 Å². The summed E-state index contributed by atoms with van der Waals surface area (Å²) in [7, 11) is 0. The number of β-amino-alcohol motifs (C(OH)–C–C–N with tert-alkyl or cyclic N) is 1. The number of aliphatic hydroxyl groups excluding tert-OH is 1. The highest BCUT2D eigenvalue weighted by Crippen LogP contribution is 2.33. The molecule has 1 saturated carbocycles. The molecule has 0 radical (unpaired) electrons. The minimum absolute atomic E-state index is 0.00743. The van der Waals surface area contributed by atoms with Crippen molar-refractivity contribution >= 4 is 57.5 Å². The van der Waals surface area contributed by atoms with Gasteiger partial charge >= 0.3 is 0 Å². The van der Waals surface area contributed by atoms with Gasteiger partial charge in [-0.15, -0.1) is 16.4 Å². The summed E-state index contributed by atoms with van der Waals surface area (Å²) < 4.78 is 20.3. The summed E-state index contributed by atoms with van der Waals surface area (Å²) in [5.74, 6) is -0.965. The molecule has 6 aromatic rings. The number of amides is 4. The molecule has 0 spiro atoms. The van der Waals surface area contributed by atoms with Crippen LogP contribution in [0.25, 0.3) is 21.5 Å². The number of carbonyl (C=O) groups excluding carboxylic acids is 5. The second-order valence-electron chi connectivity index (χ2n) is 22.9. The molecule has 448 valence electrons. The number of hydrogen-bond acceptors (Lipinski definition) is 18. The third-order valence-corrected chi connectivity index (χ3v) is 16.8. The molecule has 5 aromatic heterocycles. The van der Waals surface area contributed by atoms with Crippen molar-refractivity contribution in [2.24, 2.45) is 5.41 Å². The molecule has 3 N–H and O–H groups in total. The van der Waals surface area contributed by atoms with Gasteiger partial charge in [-0.2, -0.15) is 0 Å². The van der Waals surface area contributed by atoms with Gasteiger partial charge in [-0.1, -0.05) is 63.1 Å². The highest BCUT2D eigenvalue weighted by atomic mass is 32.1. The monoisotopic (exact) mass is 1170 g/mol. The molecule has 0 bridgehead atoms. The van der Waals surface area contributed by atoms with E-state index in [9.17, 15) is 33.9 Å². The average molecular weight is 1170 g/mol. The van der Waals surface area contributed by atoms with Crippen molar-refractivity contribution in [1.82, 2.24) is 59.9 Å². The van der Waals surface area contributed by atoms with Crippen LogP contribution < -0.4 is 21.1 Å². The maximum atomic E-state index is 14.0. The minimum atomic E-state index is -0.981. The largest absolute Gasteiger partial charge is 0.391 e. The first-order valence-electron chi connectivity index (χ1n) is 29.0. The molecule has 23 nitrogen and oxygen atoms in total. The lowest BCUT2D eigenvalue weighted by atomic mass is 9.85. The van der Waals surface area contributed by atoms with Crippen LogP contribution in [0.5, 0.6) is 0 Å². The molecular weight excluding hydrogens is 1090 g/mol. The number of hydrogen-bond donors (Lipinski definition) is 3. The Kier molecular flexibility index (Phi) is 20.4. The van der Waals surface area contributed by atoms with Gasteiger partial charge < -0.3 is 44.7 Å². The summed E-state index contributed by atoms with van der Waals surface area (Å²) in [5, 5.41) is 25.5. The number of nitrogens with one attached hydrogen (secondary N) is 2. The Balaban J connectivity index is 0.621. The normalized spacial score (nSPS) is 17.1. The van der Waals surface area contributed by atoms with E-state index in [-0.39, 0.29) is 74.1 Å². The summed E-state index contributed by atoms with van der Waals surface area (Å²) in [6, 6.07) is 9.96. The van der Waals surface area contributed by atoms with E-state index in [1.807, 2.05) is 86.9 Å². The number of aliphatic hydroxyl groups is 1. The van der Waals surface area contributed by atoms with Gasteiger partial charge in [0.05, 0.1) is 91.3 Å². The highest BCUT2D eigenvalue weighted by molar-refractivity contribution is 7.13. The summed E-state index contributed by atoms with van der Waals surface area (Å²) in [6.45, 7) is 14.9. The Morgan fingerprint density at radius 1 is 0.869 bits per heavy atom. The number of aromatic nitrogens is 8. The number of thiazole rings is 1. The van der Waals surface area contributed by atoms with Gasteiger partial charge in [0.1, 0.15) is 30.2 Å². The predicted molar refractivity (Wildman–Crippen MR) is 314 cm³/mol. The van der Waals surface area contributed by atoms with Gasteiger partial charge in [0.15, 0.2) is 5.78 Å². The lowest BCUT2D eigenvalue weighted by Gasteiger charge is -2.36. The van der Waals surface area contributed by atoms with E-state index >= 15 is 0 Å². The zero-order valence-electron chi connectivity index (χ0n) is 48.9. The maximum Gasteiger partial charge on any atom is 0.263 e. The van der Waals surface area contributed by atoms with Gasteiger partial charge in [0.25, 0.3) is 5.56 Å². The Morgan fingerprint density at radius 2 is 1.60 bits per heavy atom. The Labute approximate surface area is 492 Å². The van der Waals surface area contributed by atoms with Crippen LogP contribution in [0.15, 0.2) is 65.3 Å². The quantitative estimate of drug-likeness (QED) is 0.0523. The lowest BCUT2D eigenvalue weighted by molar-refractivity contribution is -0.144. The highest BCUT2D eigenvalue weighted by Gasteiger charge is 2.44. The van der Waals surface area contributed by atoms with E-state index in [1.165, 1.54) is 11.8 Å². The summed E-state index contributed by atoms with van der Waals surface area (Å²) in [6.07, 6.45) is 9.58. The van der Waals surface area contributed by atoms with E-state index in [0.29, 0.717) is 88.8 Å². The molecule has 7 heterocycles. The lowest BCUT2D eigenvalue weighted by Crippen LogP contribution is -2.58. The first-order valence-corrected chi connectivity index (χ1v) is 29.9.